The van der Waals surface area contributed by atoms with Gasteiger partial charge in [0.1, 0.15) is 0 Å². The Bertz CT molecular complexity index is 955. The molecule has 0 atom stereocenters. The van der Waals surface area contributed by atoms with Crippen LogP contribution in [0.4, 0.5) is 0 Å². The number of rotatable bonds is 4. The normalized spacial score (nSPS) is 15.5. The molecule has 3 aromatic rings. The monoisotopic (exact) mass is 351 g/mol. The van der Waals surface area contributed by atoms with Gasteiger partial charge in [-0.3, -0.25) is 14.7 Å². The second-order valence-electron chi connectivity index (χ2n) is 6.57. The molecule has 4 rings (SSSR count). The maximum Gasteiger partial charge on any atom is 0.325 e. The number of amides is 1. The highest BCUT2D eigenvalue weighted by Gasteiger charge is 2.22. The molecule has 0 unspecified atom stereocenters. The Morgan fingerprint density at radius 3 is 2.62 bits per heavy atom. The smallest absolute Gasteiger partial charge is 0.325 e. The number of imidazole rings is 1. The Balaban J connectivity index is 1.34. The largest absolute Gasteiger partial charge is 0.336 e. The zero-order chi connectivity index (χ0) is 17.9. The number of hydrogen-bond acceptors (Lipinski definition) is 4. The first-order valence-corrected chi connectivity index (χ1v) is 8.83. The van der Waals surface area contributed by atoms with Crippen molar-refractivity contribution in [3.8, 4) is 0 Å². The molecule has 7 nitrogen and oxygen atoms in total. The summed E-state index contributed by atoms with van der Waals surface area (Å²) in [6.45, 7) is 4.15. The standard InChI is InChI=1S/C19H21N5O2/c25-18(15-12-16-17(20-13-15)22-19(26)21-16)24-10-8-23(9-11-24)7-6-14-4-2-1-3-5-14/h1-5,12-13H,6-11H2,(H2,20,21,22,26). The van der Waals surface area contributed by atoms with E-state index in [2.05, 4.69) is 44.1 Å². The third-order valence-electron chi connectivity index (χ3n) is 4.83. The fourth-order valence-corrected chi connectivity index (χ4v) is 3.33. The van der Waals surface area contributed by atoms with E-state index in [4.69, 9.17) is 0 Å². The maximum atomic E-state index is 12.7. The molecule has 1 aromatic carbocycles. The molecule has 0 saturated carbocycles. The van der Waals surface area contributed by atoms with Crippen molar-refractivity contribution in [3.63, 3.8) is 0 Å². The molecule has 7 heteroatoms. The quantitative estimate of drug-likeness (QED) is 0.741. The van der Waals surface area contributed by atoms with Gasteiger partial charge in [-0.25, -0.2) is 9.78 Å². The second-order valence-corrected chi connectivity index (χ2v) is 6.57. The van der Waals surface area contributed by atoms with E-state index >= 15 is 0 Å². The minimum atomic E-state index is -0.316. The summed E-state index contributed by atoms with van der Waals surface area (Å²) in [5.41, 5.74) is 2.56. The van der Waals surface area contributed by atoms with E-state index in [1.807, 2.05) is 11.0 Å². The molecule has 134 valence electrons. The number of carbonyl (C=O) groups excluding carboxylic acids is 1. The summed E-state index contributed by atoms with van der Waals surface area (Å²) in [6.07, 6.45) is 2.55. The molecular weight excluding hydrogens is 330 g/mol. The van der Waals surface area contributed by atoms with Crippen molar-refractivity contribution >= 4 is 17.1 Å². The third kappa shape index (κ3) is 3.52. The number of pyridine rings is 1. The first-order valence-electron chi connectivity index (χ1n) is 8.83. The minimum absolute atomic E-state index is 0.0378. The average Bonchev–Trinajstić information content (AvgIpc) is 3.06. The highest BCUT2D eigenvalue weighted by atomic mass is 16.2. The summed E-state index contributed by atoms with van der Waals surface area (Å²) in [5, 5.41) is 0. The molecule has 2 aromatic heterocycles. The van der Waals surface area contributed by atoms with Crippen LogP contribution in [-0.4, -0.2) is 63.4 Å². The Kier molecular flexibility index (Phi) is 4.53. The lowest BCUT2D eigenvalue weighted by molar-refractivity contribution is 0.0638. The van der Waals surface area contributed by atoms with Crippen molar-refractivity contribution in [1.82, 2.24) is 24.8 Å². The molecule has 2 N–H and O–H groups in total. The first-order chi connectivity index (χ1) is 12.7. The summed E-state index contributed by atoms with van der Waals surface area (Å²) >= 11 is 0. The highest BCUT2D eigenvalue weighted by Crippen LogP contribution is 2.12. The molecule has 1 saturated heterocycles. The van der Waals surface area contributed by atoms with E-state index < -0.39 is 0 Å². The van der Waals surface area contributed by atoms with Crippen LogP contribution in [0.1, 0.15) is 15.9 Å². The van der Waals surface area contributed by atoms with E-state index in [1.165, 1.54) is 11.8 Å². The lowest BCUT2D eigenvalue weighted by Gasteiger charge is -2.34. The molecule has 0 bridgehead atoms. The average molecular weight is 351 g/mol. The molecule has 3 heterocycles. The topological polar surface area (TPSA) is 85.1 Å². The number of piperazine rings is 1. The van der Waals surface area contributed by atoms with Crippen LogP contribution >= 0.6 is 0 Å². The summed E-state index contributed by atoms with van der Waals surface area (Å²) in [6, 6.07) is 12.1. The zero-order valence-electron chi connectivity index (χ0n) is 14.4. The molecule has 1 fully saturated rings. The van der Waals surface area contributed by atoms with Gasteiger partial charge >= 0.3 is 5.69 Å². The predicted octanol–water partition coefficient (Wildman–Crippen LogP) is 1.25. The van der Waals surface area contributed by atoms with Gasteiger partial charge in [-0.05, 0) is 18.1 Å². The van der Waals surface area contributed by atoms with E-state index in [9.17, 15) is 9.59 Å². The number of hydrogen-bond donors (Lipinski definition) is 2. The van der Waals surface area contributed by atoms with Crippen LogP contribution in [0.5, 0.6) is 0 Å². The van der Waals surface area contributed by atoms with Gasteiger partial charge in [0.2, 0.25) is 0 Å². The number of benzene rings is 1. The van der Waals surface area contributed by atoms with Crippen molar-refractivity contribution in [2.24, 2.45) is 0 Å². The van der Waals surface area contributed by atoms with Crippen LogP contribution in [0, 0.1) is 0 Å². The number of carbonyl (C=O) groups is 1. The van der Waals surface area contributed by atoms with Crippen LogP contribution in [0.15, 0.2) is 47.4 Å². The zero-order valence-corrected chi connectivity index (χ0v) is 14.4. The lowest BCUT2D eigenvalue weighted by Crippen LogP contribution is -2.49. The van der Waals surface area contributed by atoms with Gasteiger partial charge in [0.15, 0.2) is 5.65 Å². The molecule has 0 aliphatic carbocycles. The Morgan fingerprint density at radius 1 is 1.08 bits per heavy atom. The van der Waals surface area contributed by atoms with Gasteiger partial charge < -0.3 is 9.88 Å². The predicted molar refractivity (Wildman–Crippen MR) is 99.2 cm³/mol. The van der Waals surface area contributed by atoms with Gasteiger partial charge in [-0.2, -0.15) is 0 Å². The summed E-state index contributed by atoms with van der Waals surface area (Å²) in [5.74, 6) is -0.0378. The van der Waals surface area contributed by atoms with E-state index in [-0.39, 0.29) is 11.6 Å². The second kappa shape index (κ2) is 7.13. The van der Waals surface area contributed by atoms with Crippen molar-refractivity contribution < 1.29 is 4.79 Å². The Morgan fingerprint density at radius 2 is 1.85 bits per heavy atom. The lowest BCUT2D eigenvalue weighted by atomic mass is 10.1. The Hall–Kier alpha value is -2.93. The molecular formula is C19H21N5O2. The molecule has 0 radical (unpaired) electrons. The number of H-pyrrole nitrogens is 2. The van der Waals surface area contributed by atoms with Crippen molar-refractivity contribution in [2.45, 2.75) is 6.42 Å². The van der Waals surface area contributed by atoms with Crippen LogP contribution < -0.4 is 5.69 Å². The first kappa shape index (κ1) is 16.5. The molecule has 26 heavy (non-hydrogen) atoms. The molecule has 1 aliphatic heterocycles. The summed E-state index contributed by atoms with van der Waals surface area (Å²) in [7, 11) is 0. The third-order valence-corrected chi connectivity index (χ3v) is 4.83. The van der Waals surface area contributed by atoms with Crippen molar-refractivity contribution in [3.05, 3.63) is 64.2 Å². The van der Waals surface area contributed by atoms with E-state index in [0.29, 0.717) is 29.8 Å². The van der Waals surface area contributed by atoms with Gasteiger partial charge in [0.05, 0.1) is 11.1 Å². The molecule has 1 amide bonds. The fourth-order valence-electron chi connectivity index (χ4n) is 3.33. The fraction of sp³-hybridized carbons (Fsp3) is 0.316. The number of fused-ring (bicyclic) bond motifs is 1. The van der Waals surface area contributed by atoms with Gasteiger partial charge in [-0.1, -0.05) is 30.3 Å². The molecule has 1 aliphatic rings. The van der Waals surface area contributed by atoms with Crippen molar-refractivity contribution in [2.75, 3.05) is 32.7 Å². The number of nitrogens with one attached hydrogen (secondary N) is 2. The summed E-state index contributed by atoms with van der Waals surface area (Å²) < 4.78 is 0. The van der Waals surface area contributed by atoms with Gasteiger partial charge in [0.25, 0.3) is 5.91 Å². The van der Waals surface area contributed by atoms with Gasteiger partial charge in [0, 0.05) is 38.9 Å². The van der Waals surface area contributed by atoms with Crippen LogP contribution in [0.2, 0.25) is 0 Å². The maximum absolute atomic E-state index is 12.7. The van der Waals surface area contributed by atoms with Crippen LogP contribution in [0.25, 0.3) is 11.2 Å². The number of nitrogens with zero attached hydrogens (tertiary/aromatic N) is 3. The number of aromatic amines is 2. The SMILES string of the molecule is O=C(c1cnc2[nH]c(=O)[nH]c2c1)N1CCN(CCc2ccccc2)CC1. The summed E-state index contributed by atoms with van der Waals surface area (Å²) in [4.78, 5) is 37.6. The van der Waals surface area contributed by atoms with Crippen molar-refractivity contribution in [1.29, 1.82) is 0 Å². The van der Waals surface area contributed by atoms with E-state index in [0.717, 1.165) is 26.1 Å². The Labute approximate surface area is 150 Å². The van der Waals surface area contributed by atoms with Crippen LogP contribution in [0.3, 0.4) is 0 Å². The minimum Gasteiger partial charge on any atom is -0.336 e. The molecule has 0 spiro atoms. The van der Waals surface area contributed by atoms with Gasteiger partial charge in [-0.15, -0.1) is 0 Å². The van der Waals surface area contributed by atoms with Crippen LogP contribution in [-0.2, 0) is 6.42 Å². The number of aromatic nitrogens is 3. The van der Waals surface area contributed by atoms with E-state index in [1.54, 1.807) is 6.07 Å². The highest BCUT2D eigenvalue weighted by molar-refractivity contribution is 5.96.